The van der Waals surface area contributed by atoms with E-state index in [2.05, 4.69) is 15.6 Å². The number of nitrogens with one attached hydrogen (secondary N) is 2. The molecule has 0 aliphatic rings. The zero-order valence-corrected chi connectivity index (χ0v) is 12.1. The maximum atomic E-state index is 11.5. The molecule has 6 nitrogen and oxygen atoms in total. The molecule has 0 unspecified atom stereocenters. The van der Waals surface area contributed by atoms with Gasteiger partial charge in [-0.05, 0) is 17.9 Å². The summed E-state index contributed by atoms with van der Waals surface area (Å²) in [4.78, 5) is 27.3. The lowest BCUT2D eigenvalue weighted by Crippen LogP contribution is -2.36. The van der Waals surface area contributed by atoms with Gasteiger partial charge in [-0.25, -0.2) is 14.6 Å². The molecule has 0 aromatic carbocycles. The van der Waals surface area contributed by atoms with E-state index in [1.165, 1.54) is 21.6 Å². The van der Waals surface area contributed by atoms with Crippen LogP contribution in [0.25, 0.3) is 0 Å². The zero-order chi connectivity index (χ0) is 14.4. The highest BCUT2D eigenvalue weighted by Crippen LogP contribution is 2.09. The average molecular weight is 311 g/mol. The van der Waals surface area contributed by atoms with E-state index in [-0.39, 0.29) is 18.3 Å². The van der Waals surface area contributed by atoms with Crippen LogP contribution in [0.1, 0.15) is 20.4 Å². The average Bonchev–Trinajstić information content (AvgIpc) is 3.07. The number of amides is 2. The highest BCUT2D eigenvalue weighted by Gasteiger charge is 2.09. The Kier molecular flexibility index (Phi) is 5.08. The van der Waals surface area contributed by atoms with Gasteiger partial charge in [0.05, 0.1) is 6.54 Å². The third-order valence-corrected chi connectivity index (χ3v) is 4.19. The minimum atomic E-state index is -1.06. The van der Waals surface area contributed by atoms with Crippen LogP contribution in [-0.2, 0) is 13.0 Å². The number of aromatic nitrogens is 1. The number of carboxylic acids is 1. The van der Waals surface area contributed by atoms with Gasteiger partial charge in [0, 0.05) is 16.8 Å². The number of urea groups is 1. The van der Waals surface area contributed by atoms with Crippen LogP contribution in [0.15, 0.2) is 22.9 Å². The second kappa shape index (κ2) is 7.01. The number of carboxylic acid groups (broad SMARTS) is 1. The molecule has 0 atom stereocenters. The van der Waals surface area contributed by atoms with Gasteiger partial charge in [-0.1, -0.05) is 6.07 Å². The first-order valence-electron chi connectivity index (χ1n) is 5.87. The normalized spacial score (nSPS) is 10.2. The van der Waals surface area contributed by atoms with E-state index in [4.69, 9.17) is 5.11 Å². The summed E-state index contributed by atoms with van der Waals surface area (Å²) in [6, 6.07) is 3.71. The maximum absolute atomic E-state index is 11.5. The van der Waals surface area contributed by atoms with Crippen LogP contribution in [0.4, 0.5) is 4.79 Å². The number of hydrogen-bond acceptors (Lipinski definition) is 5. The highest BCUT2D eigenvalue weighted by molar-refractivity contribution is 7.10. The molecule has 2 amide bonds. The highest BCUT2D eigenvalue weighted by atomic mass is 32.1. The SMILES string of the molecule is O=C(NCCc1cccs1)NCc1nc(C(=O)O)cs1. The van der Waals surface area contributed by atoms with Crippen LogP contribution in [0.3, 0.4) is 0 Å². The Labute approximate surface area is 123 Å². The first-order valence-corrected chi connectivity index (χ1v) is 7.63. The molecule has 0 spiro atoms. The van der Waals surface area contributed by atoms with Crippen LogP contribution in [0.5, 0.6) is 0 Å². The Morgan fingerprint density at radius 1 is 1.30 bits per heavy atom. The maximum Gasteiger partial charge on any atom is 0.355 e. The van der Waals surface area contributed by atoms with E-state index in [1.54, 1.807) is 11.3 Å². The van der Waals surface area contributed by atoms with Gasteiger partial charge in [0.1, 0.15) is 5.01 Å². The molecule has 106 valence electrons. The molecule has 20 heavy (non-hydrogen) atoms. The predicted octanol–water partition coefficient (Wildman–Crippen LogP) is 1.94. The molecule has 0 bridgehead atoms. The lowest BCUT2D eigenvalue weighted by Gasteiger charge is -2.05. The molecule has 0 saturated carbocycles. The van der Waals surface area contributed by atoms with Crippen LogP contribution in [0, 0.1) is 0 Å². The minimum absolute atomic E-state index is 0.00454. The van der Waals surface area contributed by atoms with E-state index in [0.29, 0.717) is 11.6 Å². The number of nitrogens with zero attached hydrogens (tertiary/aromatic N) is 1. The van der Waals surface area contributed by atoms with Crippen molar-refractivity contribution < 1.29 is 14.7 Å². The monoisotopic (exact) mass is 311 g/mol. The van der Waals surface area contributed by atoms with Gasteiger partial charge in [-0.2, -0.15) is 0 Å². The van der Waals surface area contributed by atoms with Crippen molar-refractivity contribution >= 4 is 34.7 Å². The molecular formula is C12H13N3O3S2. The van der Waals surface area contributed by atoms with E-state index >= 15 is 0 Å². The summed E-state index contributed by atoms with van der Waals surface area (Å²) in [6.07, 6.45) is 0.797. The Balaban J connectivity index is 1.67. The van der Waals surface area contributed by atoms with E-state index in [1.807, 2.05) is 17.5 Å². The summed E-state index contributed by atoms with van der Waals surface area (Å²) >= 11 is 2.86. The van der Waals surface area contributed by atoms with E-state index in [9.17, 15) is 9.59 Å². The molecule has 3 N–H and O–H groups in total. The molecular weight excluding hydrogens is 298 g/mol. The minimum Gasteiger partial charge on any atom is -0.476 e. The van der Waals surface area contributed by atoms with Crippen molar-refractivity contribution in [3.8, 4) is 0 Å². The number of rotatable bonds is 6. The summed E-state index contributed by atoms with van der Waals surface area (Å²) < 4.78 is 0. The van der Waals surface area contributed by atoms with Gasteiger partial charge in [0.2, 0.25) is 0 Å². The fraction of sp³-hybridized carbons (Fsp3) is 0.250. The number of carbonyl (C=O) groups is 2. The molecule has 0 aliphatic carbocycles. The molecule has 0 aliphatic heterocycles. The summed E-state index contributed by atoms with van der Waals surface area (Å²) in [5, 5.41) is 18.1. The number of carbonyl (C=O) groups excluding carboxylic acids is 1. The van der Waals surface area contributed by atoms with Gasteiger partial charge in [0.25, 0.3) is 0 Å². The van der Waals surface area contributed by atoms with Crippen molar-refractivity contribution in [2.45, 2.75) is 13.0 Å². The second-order valence-corrected chi connectivity index (χ2v) is 5.85. The summed E-state index contributed by atoms with van der Waals surface area (Å²) in [6.45, 7) is 0.785. The fourth-order valence-electron chi connectivity index (χ4n) is 1.46. The second-order valence-electron chi connectivity index (χ2n) is 3.87. The largest absolute Gasteiger partial charge is 0.476 e. The van der Waals surface area contributed by atoms with Crippen molar-refractivity contribution in [3.63, 3.8) is 0 Å². The van der Waals surface area contributed by atoms with E-state index in [0.717, 1.165) is 6.42 Å². The number of aromatic carboxylic acids is 1. The molecule has 0 fully saturated rings. The third kappa shape index (κ3) is 4.32. The van der Waals surface area contributed by atoms with E-state index < -0.39 is 5.97 Å². The van der Waals surface area contributed by atoms with Crippen LogP contribution < -0.4 is 10.6 Å². The van der Waals surface area contributed by atoms with Crippen LogP contribution in [0.2, 0.25) is 0 Å². The topological polar surface area (TPSA) is 91.3 Å². The molecule has 2 heterocycles. The lowest BCUT2D eigenvalue weighted by molar-refractivity contribution is 0.0691. The predicted molar refractivity (Wildman–Crippen MR) is 77.3 cm³/mol. The molecule has 0 saturated heterocycles. The van der Waals surface area contributed by atoms with Gasteiger partial charge >= 0.3 is 12.0 Å². The van der Waals surface area contributed by atoms with Crippen LogP contribution in [-0.4, -0.2) is 28.6 Å². The molecule has 2 rings (SSSR count). The van der Waals surface area contributed by atoms with Crippen molar-refractivity contribution in [3.05, 3.63) is 38.5 Å². The van der Waals surface area contributed by atoms with Crippen molar-refractivity contribution in [1.29, 1.82) is 0 Å². The zero-order valence-electron chi connectivity index (χ0n) is 10.5. The molecule has 8 heteroatoms. The number of thiophene rings is 1. The first-order chi connectivity index (χ1) is 9.65. The summed E-state index contributed by atoms with van der Waals surface area (Å²) in [5.41, 5.74) is 0.00454. The van der Waals surface area contributed by atoms with Crippen molar-refractivity contribution in [2.75, 3.05) is 6.54 Å². The Hall–Kier alpha value is -1.93. The standard InChI is InChI=1S/C12H13N3O3S2/c16-11(17)9-7-20-10(15-9)6-14-12(18)13-4-3-8-2-1-5-19-8/h1-2,5,7H,3-4,6H2,(H,16,17)(H2,13,14,18). The van der Waals surface area contributed by atoms with Gasteiger partial charge in [0.15, 0.2) is 5.69 Å². The Morgan fingerprint density at radius 3 is 2.80 bits per heavy atom. The molecule has 0 radical (unpaired) electrons. The smallest absolute Gasteiger partial charge is 0.355 e. The van der Waals surface area contributed by atoms with Crippen molar-refractivity contribution in [2.24, 2.45) is 0 Å². The lowest BCUT2D eigenvalue weighted by atomic mass is 10.3. The fourth-order valence-corrected chi connectivity index (χ4v) is 2.88. The quantitative estimate of drug-likeness (QED) is 0.760. The van der Waals surface area contributed by atoms with Gasteiger partial charge in [-0.3, -0.25) is 0 Å². The Morgan fingerprint density at radius 2 is 2.15 bits per heavy atom. The Bertz CT molecular complexity index is 581. The number of thiazole rings is 1. The number of hydrogen-bond donors (Lipinski definition) is 3. The van der Waals surface area contributed by atoms with Crippen molar-refractivity contribution in [1.82, 2.24) is 15.6 Å². The molecule has 2 aromatic heterocycles. The summed E-state index contributed by atoms with van der Waals surface area (Å²) in [5.74, 6) is -1.06. The van der Waals surface area contributed by atoms with Gasteiger partial charge in [-0.15, -0.1) is 22.7 Å². The van der Waals surface area contributed by atoms with Crippen LogP contribution >= 0.6 is 22.7 Å². The first kappa shape index (κ1) is 14.5. The van der Waals surface area contributed by atoms with Gasteiger partial charge < -0.3 is 15.7 Å². The molecule has 2 aromatic rings. The summed E-state index contributed by atoms with van der Waals surface area (Å²) in [7, 11) is 0. The third-order valence-electron chi connectivity index (χ3n) is 2.41.